The molecule has 0 radical (unpaired) electrons. The summed E-state index contributed by atoms with van der Waals surface area (Å²) in [5.41, 5.74) is 5.71. The maximum atomic E-state index is 5.71. The van der Waals surface area contributed by atoms with Crippen LogP contribution >= 0.6 is 0 Å². The Hall–Kier alpha value is -0.570. The molecule has 0 aromatic rings. The van der Waals surface area contributed by atoms with Gasteiger partial charge in [-0.1, -0.05) is 0 Å². The van der Waals surface area contributed by atoms with E-state index in [9.17, 15) is 0 Å². The Kier molecular flexibility index (Phi) is 2.77. The molecule has 1 fully saturated rings. The second-order valence-corrected chi connectivity index (χ2v) is 4.85. The molecule has 0 spiro atoms. The summed E-state index contributed by atoms with van der Waals surface area (Å²) in [5, 5.41) is 0. The van der Waals surface area contributed by atoms with Gasteiger partial charge in [0.25, 0.3) is 0 Å². The molecule has 0 amide bonds. The van der Waals surface area contributed by atoms with E-state index in [-0.39, 0.29) is 0 Å². The van der Waals surface area contributed by atoms with Crippen LogP contribution < -0.4 is 5.73 Å². The first-order valence-corrected chi connectivity index (χ1v) is 5.73. The molecule has 0 saturated heterocycles. The Morgan fingerprint density at radius 3 is 2.93 bits per heavy atom. The second-order valence-electron chi connectivity index (χ2n) is 4.85. The zero-order valence-electron chi connectivity index (χ0n) is 9.19. The van der Waals surface area contributed by atoms with Crippen molar-refractivity contribution in [3.63, 3.8) is 0 Å². The number of aliphatic imine (C=N–C) groups is 1. The van der Waals surface area contributed by atoms with Crippen LogP contribution in [0.5, 0.6) is 0 Å². The van der Waals surface area contributed by atoms with E-state index in [0.717, 1.165) is 6.54 Å². The number of fused-ring (bicyclic) bond motifs is 1. The number of nitrogens with two attached hydrogens (primary N) is 1. The highest BCUT2D eigenvalue weighted by Crippen LogP contribution is 2.32. The smallest absolute Gasteiger partial charge is 0.0859 e. The molecule has 2 aliphatic rings. The molecule has 1 aliphatic carbocycles. The third-order valence-corrected chi connectivity index (χ3v) is 3.59. The molecular weight excluding hydrogens is 174 g/mol. The molecule has 1 saturated carbocycles. The van der Waals surface area contributed by atoms with E-state index in [1.165, 1.54) is 19.3 Å². The Morgan fingerprint density at radius 2 is 2.29 bits per heavy atom. The van der Waals surface area contributed by atoms with Gasteiger partial charge in [0.1, 0.15) is 0 Å². The van der Waals surface area contributed by atoms with Crippen molar-refractivity contribution in [3.8, 4) is 0 Å². The van der Waals surface area contributed by atoms with Crippen molar-refractivity contribution in [3.05, 3.63) is 0 Å². The molecule has 1 aliphatic heterocycles. The zero-order chi connectivity index (χ0) is 10.1. The lowest BCUT2D eigenvalue weighted by Crippen LogP contribution is -2.44. The summed E-state index contributed by atoms with van der Waals surface area (Å²) < 4.78 is 0. The summed E-state index contributed by atoms with van der Waals surface area (Å²) in [4.78, 5) is 7.02. The van der Waals surface area contributed by atoms with Crippen LogP contribution in [0.4, 0.5) is 0 Å². The number of hydrogen-bond acceptors (Lipinski definition) is 3. The van der Waals surface area contributed by atoms with Gasteiger partial charge in [0.05, 0.1) is 18.4 Å². The van der Waals surface area contributed by atoms with Gasteiger partial charge in [-0.25, -0.2) is 0 Å². The number of hydrogen-bond donors (Lipinski definition) is 1. The molecule has 2 rings (SSSR count). The zero-order valence-corrected chi connectivity index (χ0v) is 9.19. The minimum atomic E-state index is 0.528. The molecular formula is C11H21N3. The summed E-state index contributed by atoms with van der Waals surface area (Å²) in [7, 11) is 0. The molecule has 3 heteroatoms. The van der Waals surface area contributed by atoms with Crippen LogP contribution in [0.15, 0.2) is 4.99 Å². The van der Waals surface area contributed by atoms with Gasteiger partial charge < -0.3 is 10.6 Å². The molecule has 0 bridgehead atoms. The molecule has 3 atom stereocenters. The van der Waals surface area contributed by atoms with Crippen LogP contribution in [-0.4, -0.2) is 35.9 Å². The molecule has 1 heterocycles. The van der Waals surface area contributed by atoms with Crippen molar-refractivity contribution in [2.75, 3.05) is 6.54 Å². The average Bonchev–Trinajstić information content (AvgIpc) is 2.59. The van der Waals surface area contributed by atoms with Crippen molar-refractivity contribution in [1.29, 1.82) is 0 Å². The first kappa shape index (κ1) is 9.97. The highest BCUT2D eigenvalue weighted by atomic mass is 15.3. The van der Waals surface area contributed by atoms with Crippen LogP contribution in [0, 0.1) is 5.92 Å². The fourth-order valence-electron chi connectivity index (χ4n) is 2.70. The summed E-state index contributed by atoms with van der Waals surface area (Å²) in [6, 6.07) is 1.78. The fourth-order valence-corrected chi connectivity index (χ4v) is 2.70. The summed E-state index contributed by atoms with van der Waals surface area (Å²) in [6.45, 7) is 5.31. The van der Waals surface area contributed by atoms with Gasteiger partial charge >= 0.3 is 0 Å². The van der Waals surface area contributed by atoms with Crippen molar-refractivity contribution >= 4 is 6.34 Å². The molecule has 2 N–H and O–H groups in total. The highest BCUT2D eigenvalue weighted by molar-refractivity contribution is 5.59. The number of rotatable bonds is 2. The Balaban J connectivity index is 2.00. The standard InChI is InChI=1S/C11H21N3/c1-8(2)14-7-13-10-5-9(6-12)3-4-11(10)14/h7-11H,3-6,12H2,1-2H3. The van der Waals surface area contributed by atoms with E-state index in [1.807, 2.05) is 0 Å². The molecule has 0 aromatic carbocycles. The average molecular weight is 195 g/mol. The first-order valence-electron chi connectivity index (χ1n) is 5.73. The largest absolute Gasteiger partial charge is 0.355 e. The SMILES string of the molecule is CC(C)N1C=NC2CC(CN)CCC21. The minimum absolute atomic E-state index is 0.528. The lowest BCUT2D eigenvalue weighted by Gasteiger charge is -2.36. The molecule has 14 heavy (non-hydrogen) atoms. The van der Waals surface area contributed by atoms with E-state index in [1.54, 1.807) is 0 Å². The van der Waals surface area contributed by atoms with Crippen molar-refractivity contribution in [1.82, 2.24) is 4.90 Å². The highest BCUT2D eigenvalue weighted by Gasteiger charge is 2.36. The predicted molar refractivity (Wildman–Crippen MR) is 59.4 cm³/mol. The van der Waals surface area contributed by atoms with E-state index in [0.29, 0.717) is 24.0 Å². The van der Waals surface area contributed by atoms with Gasteiger partial charge in [-0.05, 0) is 45.6 Å². The third kappa shape index (κ3) is 1.65. The third-order valence-electron chi connectivity index (χ3n) is 3.59. The van der Waals surface area contributed by atoms with Gasteiger partial charge in [0.15, 0.2) is 0 Å². The van der Waals surface area contributed by atoms with Crippen LogP contribution in [0.1, 0.15) is 33.1 Å². The van der Waals surface area contributed by atoms with Crippen LogP contribution in [0.2, 0.25) is 0 Å². The van der Waals surface area contributed by atoms with E-state index >= 15 is 0 Å². The molecule has 3 nitrogen and oxygen atoms in total. The first-order chi connectivity index (χ1) is 6.72. The van der Waals surface area contributed by atoms with E-state index in [4.69, 9.17) is 5.73 Å². The Morgan fingerprint density at radius 1 is 1.50 bits per heavy atom. The maximum absolute atomic E-state index is 5.71. The van der Waals surface area contributed by atoms with Crippen LogP contribution in [-0.2, 0) is 0 Å². The molecule has 3 unspecified atom stereocenters. The quantitative estimate of drug-likeness (QED) is 0.720. The monoisotopic (exact) mass is 195 g/mol. The van der Waals surface area contributed by atoms with Gasteiger partial charge in [0, 0.05) is 6.04 Å². The van der Waals surface area contributed by atoms with Crippen LogP contribution in [0.3, 0.4) is 0 Å². The van der Waals surface area contributed by atoms with Gasteiger partial charge in [-0.3, -0.25) is 4.99 Å². The number of nitrogens with zero attached hydrogens (tertiary/aromatic N) is 2. The van der Waals surface area contributed by atoms with Crippen molar-refractivity contribution in [2.45, 2.75) is 51.2 Å². The molecule has 80 valence electrons. The van der Waals surface area contributed by atoms with E-state index in [2.05, 4.69) is 30.1 Å². The topological polar surface area (TPSA) is 41.6 Å². The Bertz CT molecular complexity index is 225. The van der Waals surface area contributed by atoms with Crippen LogP contribution in [0.25, 0.3) is 0 Å². The van der Waals surface area contributed by atoms with Gasteiger partial charge in [-0.15, -0.1) is 0 Å². The fraction of sp³-hybridized carbons (Fsp3) is 0.909. The normalized spacial score (nSPS) is 36.6. The second kappa shape index (κ2) is 3.89. The Labute approximate surface area is 86.4 Å². The van der Waals surface area contributed by atoms with E-state index < -0.39 is 0 Å². The summed E-state index contributed by atoms with van der Waals surface area (Å²) in [6.07, 6.45) is 5.80. The summed E-state index contributed by atoms with van der Waals surface area (Å²) in [5.74, 6) is 0.709. The lowest BCUT2D eigenvalue weighted by atomic mass is 9.82. The predicted octanol–water partition coefficient (Wildman–Crippen LogP) is 1.23. The summed E-state index contributed by atoms with van der Waals surface area (Å²) >= 11 is 0. The molecule has 0 aromatic heterocycles. The lowest BCUT2D eigenvalue weighted by molar-refractivity contribution is 0.186. The maximum Gasteiger partial charge on any atom is 0.0859 e. The van der Waals surface area contributed by atoms with Crippen molar-refractivity contribution in [2.24, 2.45) is 16.6 Å². The van der Waals surface area contributed by atoms with Gasteiger partial charge in [-0.2, -0.15) is 0 Å². The van der Waals surface area contributed by atoms with Crippen molar-refractivity contribution < 1.29 is 0 Å². The van der Waals surface area contributed by atoms with Gasteiger partial charge in [0.2, 0.25) is 0 Å². The minimum Gasteiger partial charge on any atom is -0.355 e.